The Morgan fingerprint density at radius 2 is 1.74 bits per heavy atom. The van der Waals surface area contributed by atoms with Crippen molar-refractivity contribution in [2.45, 2.75) is 58.8 Å². The Kier molecular flexibility index (Phi) is 3.88. The summed E-state index contributed by atoms with van der Waals surface area (Å²) >= 11 is 0. The number of carboxylic acids is 1. The molecule has 2 saturated carbocycles. The first-order valence-corrected chi connectivity index (χ1v) is 7.33. The molecular formula is C15H25NO3. The van der Waals surface area contributed by atoms with Crippen LogP contribution in [0, 0.1) is 16.7 Å². The molecule has 0 aliphatic heterocycles. The highest BCUT2D eigenvalue weighted by Crippen LogP contribution is 2.45. The Morgan fingerprint density at radius 1 is 1.16 bits per heavy atom. The van der Waals surface area contributed by atoms with E-state index in [1.165, 1.54) is 12.8 Å². The molecule has 2 aliphatic rings. The molecule has 108 valence electrons. The van der Waals surface area contributed by atoms with Gasteiger partial charge in [0.2, 0.25) is 5.91 Å². The standard InChI is InChI=1S/C15H25NO3/c1-14(2)5-3-11(4-6-14)9-12(17)16-10-15(7-8-15)13(18)19/h11H,3-10H2,1-2H3,(H,16,17)(H,18,19). The van der Waals surface area contributed by atoms with Crippen LogP contribution in [0.3, 0.4) is 0 Å². The summed E-state index contributed by atoms with van der Waals surface area (Å²) in [5, 5.41) is 11.9. The van der Waals surface area contributed by atoms with E-state index in [-0.39, 0.29) is 5.91 Å². The summed E-state index contributed by atoms with van der Waals surface area (Å²) in [7, 11) is 0. The van der Waals surface area contributed by atoms with E-state index in [4.69, 9.17) is 5.11 Å². The third-order valence-electron chi connectivity index (χ3n) is 4.86. The molecular weight excluding hydrogens is 242 g/mol. The molecule has 2 rings (SSSR count). The lowest BCUT2D eigenvalue weighted by Crippen LogP contribution is -2.35. The third-order valence-corrected chi connectivity index (χ3v) is 4.86. The summed E-state index contributed by atoms with van der Waals surface area (Å²) in [6.07, 6.45) is 6.55. The third kappa shape index (κ3) is 3.71. The minimum atomic E-state index is -0.771. The second-order valence-corrected chi connectivity index (χ2v) is 7.17. The van der Waals surface area contributed by atoms with Crippen molar-refractivity contribution in [2.75, 3.05) is 6.54 Å². The molecule has 0 spiro atoms. The Balaban J connectivity index is 1.69. The topological polar surface area (TPSA) is 66.4 Å². The molecule has 0 aromatic rings. The molecule has 4 heteroatoms. The van der Waals surface area contributed by atoms with E-state index in [0.29, 0.717) is 37.1 Å². The van der Waals surface area contributed by atoms with Crippen molar-refractivity contribution in [3.8, 4) is 0 Å². The second-order valence-electron chi connectivity index (χ2n) is 7.17. The largest absolute Gasteiger partial charge is 0.481 e. The lowest BCUT2D eigenvalue weighted by Gasteiger charge is -2.34. The number of hydrogen-bond donors (Lipinski definition) is 2. The molecule has 0 atom stereocenters. The van der Waals surface area contributed by atoms with Crippen LogP contribution in [0.5, 0.6) is 0 Å². The fraction of sp³-hybridized carbons (Fsp3) is 0.867. The summed E-state index contributed by atoms with van der Waals surface area (Å²) in [6, 6.07) is 0. The van der Waals surface area contributed by atoms with Crippen LogP contribution in [-0.4, -0.2) is 23.5 Å². The number of aliphatic carboxylic acids is 1. The molecule has 0 heterocycles. The Morgan fingerprint density at radius 3 is 2.21 bits per heavy atom. The maximum absolute atomic E-state index is 11.9. The maximum atomic E-state index is 11.9. The number of carbonyl (C=O) groups excluding carboxylic acids is 1. The van der Waals surface area contributed by atoms with Crippen molar-refractivity contribution >= 4 is 11.9 Å². The molecule has 1 amide bonds. The highest BCUT2D eigenvalue weighted by molar-refractivity contribution is 5.81. The lowest BCUT2D eigenvalue weighted by molar-refractivity contribution is -0.143. The Hall–Kier alpha value is -1.06. The van der Waals surface area contributed by atoms with E-state index in [2.05, 4.69) is 19.2 Å². The van der Waals surface area contributed by atoms with E-state index in [9.17, 15) is 9.59 Å². The summed E-state index contributed by atoms with van der Waals surface area (Å²) in [5.41, 5.74) is -0.224. The first-order valence-electron chi connectivity index (χ1n) is 7.33. The molecule has 0 aromatic carbocycles. The van der Waals surface area contributed by atoms with Crippen LogP contribution < -0.4 is 5.32 Å². The molecule has 0 radical (unpaired) electrons. The molecule has 19 heavy (non-hydrogen) atoms. The first-order chi connectivity index (χ1) is 8.83. The van der Waals surface area contributed by atoms with Crippen molar-refractivity contribution in [1.29, 1.82) is 0 Å². The Labute approximate surface area is 115 Å². The quantitative estimate of drug-likeness (QED) is 0.804. The fourth-order valence-corrected chi connectivity index (χ4v) is 2.88. The van der Waals surface area contributed by atoms with Gasteiger partial charge in [-0.05, 0) is 49.9 Å². The molecule has 0 saturated heterocycles. The summed E-state index contributed by atoms with van der Waals surface area (Å²) in [4.78, 5) is 22.9. The molecule has 0 unspecified atom stereocenters. The van der Waals surface area contributed by atoms with Crippen molar-refractivity contribution in [1.82, 2.24) is 5.32 Å². The van der Waals surface area contributed by atoms with Gasteiger partial charge >= 0.3 is 5.97 Å². The molecule has 2 N–H and O–H groups in total. The smallest absolute Gasteiger partial charge is 0.311 e. The number of rotatable bonds is 5. The lowest BCUT2D eigenvalue weighted by atomic mass is 9.72. The summed E-state index contributed by atoms with van der Waals surface area (Å²) < 4.78 is 0. The molecule has 4 nitrogen and oxygen atoms in total. The summed E-state index contributed by atoms with van der Waals surface area (Å²) in [5.74, 6) is -0.266. The van der Waals surface area contributed by atoms with E-state index in [1.807, 2.05) is 0 Å². The van der Waals surface area contributed by atoms with E-state index in [1.54, 1.807) is 0 Å². The fourth-order valence-electron chi connectivity index (χ4n) is 2.88. The zero-order chi connectivity index (χ0) is 14.1. The van der Waals surface area contributed by atoms with Gasteiger partial charge in [-0.3, -0.25) is 9.59 Å². The van der Waals surface area contributed by atoms with Crippen molar-refractivity contribution in [3.63, 3.8) is 0 Å². The van der Waals surface area contributed by atoms with Crippen molar-refractivity contribution in [2.24, 2.45) is 16.7 Å². The van der Waals surface area contributed by atoms with Crippen LogP contribution in [0.2, 0.25) is 0 Å². The van der Waals surface area contributed by atoms with Gasteiger partial charge in [-0.15, -0.1) is 0 Å². The van der Waals surface area contributed by atoms with Crippen LogP contribution in [0.4, 0.5) is 0 Å². The predicted octanol–water partition coefficient (Wildman–Crippen LogP) is 2.57. The summed E-state index contributed by atoms with van der Waals surface area (Å²) in [6.45, 7) is 4.87. The Bertz CT molecular complexity index is 362. The van der Waals surface area contributed by atoms with Gasteiger partial charge < -0.3 is 10.4 Å². The monoisotopic (exact) mass is 267 g/mol. The molecule has 0 aromatic heterocycles. The molecule has 2 fully saturated rings. The van der Waals surface area contributed by atoms with Crippen LogP contribution in [0.15, 0.2) is 0 Å². The molecule has 2 aliphatic carbocycles. The number of carbonyl (C=O) groups is 2. The van der Waals surface area contributed by atoms with Crippen LogP contribution in [0.25, 0.3) is 0 Å². The zero-order valence-corrected chi connectivity index (χ0v) is 12.0. The zero-order valence-electron chi connectivity index (χ0n) is 12.0. The first kappa shape index (κ1) is 14.4. The van der Waals surface area contributed by atoms with Gasteiger partial charge in [0.25, 0.3) is 0 Å². The van der Waals surface area contributed by atoms with Gasteiger partial charge in [0, 0.05) is 13.0 Å². The van der Waals surface area contributed by atoms with Gasteiger partial charge in [-0.1, -0.05) is 13.8 Å². The number of hydrogen-bond acceptors (Lipinski definition) is 2. The number of nitrogens with one attached hydrogen (secondary N) is 1. The minimum Gasteiger partial charge on any atom is -0.481 e. The van der Waals surface area contributed by atoms with Crippen LogP contribution in [-0.2, 0) is 9.59 Å². The van der Waals surface area contributed by atoms with E-state index >= 15 is 0 Å². The van der Waals surface area contributed by atoms with Gasteiger partial charge in [0.15, 0.2) is 0 Å². The second kappa shape index (κ2) is 5.14. The average Bonchev–Trinajstić information content (AvgIpc) is 3.11. The highest BCUT2D eigenvalue weighted by Gasteiger charge is 2.50. The van der Waals surface area contributed by atoms with Crippen molar-refractivity contribution < 1.29 is 14.7 Å². The SMILES string of the molecule is CC1(C)CCC(CC(=O)NCC2(C(=O)O)CC2)CC1. The normalized spacial score (nSPS) is 24.7. The average molecular weight is 267 g/mol. The highest BCUT2D eigenvalue weighted by atomic mass is 16.4. The number of carboxylic acid groups (broad SMARTS) is 1. The van der Waals surface area contributed by atoms with Gasteiger partial charge in [-0.2, -0.15) is 0 Å². The van der Waals surface area contributed by atoms with Gasteiger partial charge in [0.1, 0.15) is 0 Å². The van der Waals surface area contributed by atoms with E-state index < -0.39 is 11.4 Å². The van der Waals surface area contributed by atoms with Crippen LogP contribution in [0.1, 0.15) is 58.8 Å². The molecule has 0 bridgehead atoms. The van der Waals surface area contributed by atoms with Crippen molar-refractivity contribution in [3.05, 3.63) is 0 Å². The maximum Gasteiger partial charge on any atom is 0.311 e. The predicted molar refractivity (Wildman–Crippen MR) is 72.7 cm³/mol. The minimum absolute atomic E-state index is 0.0252. The van der Waals surface area contributed by atoms with E-state index in [0.717, 1.165) is 12.8 Å². The number of amides is 1. The van der Waals surface area contributed by atoms with Crippen LogP contribution >= 0.6 is 0 Å². The van der Waals surface area contributed by atoms with Gasteiger partial charge in [-0.25, -0.2) is 0 Å². The van der Waals surface area contributed by atoms with Gasteiger partial charge in [0.05, 0.1) is 5.41 Å².